The van der Waals surface area contributed by atoms with E-state index in [9.17, 15) is 0 Å². The second-order valence-electron chi connectivity index (χ2n) is 4.64. The number of aryl methyl sites for hydroxylation is 1. The van der Waals surface area contributed by atoms with E-state index < -0.39 is 0 Å². The first-order chi connectivity index (χ1) is 8.70. The summed E-state index contributed by atoms with van der Waals surface area (Å²) in [6.07, 6.45) is 2.62. The maximum Gasteiger partial charge on any atom is 0.134 e. The molecule has 1 fully saturated rings. The lowest BCUT2D eigenvalue weighted by Gasteiger charge is -2.15. The summed E-state index contributed by atoms with van der Waals surface area (Å²) in [6.45, 7) is 8.59. The number of ether oxygens (including phenoxy) is 1. The van der Waals surface area contributed by atoms with Crippen LogP contribution >= 0.6 is 0 Å². The van der Waals surface area contributed by atoms with E-state index in [1.165, 1.54) is 0 Å². The Balaban J connectivity index is 2.06. The maximum atomic E-state index is 5.60. The van der Waals surface area contributed by atoms with Gasteiger partial charge < -0.3 is 15.4 Å². The fraction of sp³-hybridized carbons (Fsp3) is 0.692. The van der Waals surface area contributed by atoms with E-state index in [1.54, 1.807) is 0 Å². The largest absolute Gasteiger partial charge is 0.376 e. The van der Waals surface area contributed by atoms with Gasteiger partial charge in [-0.25, -0.2) is 9.97 Å². The highest BCUT2D eigenvalue weighted by atomic mass is 16.5. The first kappa shape index (κ1) is 13.1. The van der Waals surface area contributed by atoms with Crippen molar-refractivity contribution in [3.63, 3.8) is 0 Å². The zero-order valence-electron chi connectivity index (χ0n) is 11.4. The number of aromatic nitrogens is 2. The van der Waals surface area contributed by atoms with E-state index in [2.05, 4.69) is 27.5 Å². The number of nitrogens with zero attached hydrogens (tertiary/aromatic N) is 2. The van der Waals surface area contributed by atoms with Gasteiger partial charge in [-0.05, 0) is 33.6 Å². The predicted octanol–water partition coefficient (Wildman–Crippen LogP) is 2.12. The van der Waals surface area contributed by atoms with Crippen molar-refractivity contribution in [2.24, 2.45) is 0 Å². The van der Waals surface area contributed by atoms with Gasteiger partial charge in [0.1, 0.15) is 17.5 Å². The van der Waals surface area contributed by atoms with Crippen LogP contribution in [0.4, 0.5) is 11.6 Å². The van der Waals surface area contributed by atoms with E-state index >= 15 is 0 Å². The number of hydrogen-bond donors (Lipinski definition) is 2. The van der Waals surface area contributed by atoms with Crippen LogP contribution < -0.4 is 10.6 Å². The van der Waals surface area contributed by atoms with Crippen molar-refractivity contribution >= 4 is 11.6 Å². The van der Waals surface area contributed by atoms with Gasteiger partial charge in [0, 0.05) is 25.3 Å². The van der Waals surface area contributed by atoms with Gasteiger partial charge in [-0.1, -0.05) is 0 Å². The van der Waals surface area contributed by atoms with Crippen molar-refractivity contribution in [2.45, 2.75) is 39.7 Å². The minimum atomic E-state index is 0.322. The van der Waals surface area contributed by atoms with E-state index in [1.807, 2.05) is 13.8 Å². The van der Waals surface area contributed by atoms with E-state index in [0.717, 1.165) is 55.6 Å². The summed E-state index contributed by atoms with van der Waals surface area (Å²) in [6, 6.07) is 0. The summed E-state index contributed by atoms with van der Waals surface area (Å²) in [4.78, 5) is 8.87. The fourth-order valence-electron chi connectivity index (χ4n) is 2.16. The summed E-state index contributed by atoms with van der Waals surface area (Å²) < 4.78 is 5.60. The molecule has 1 aliphatic rings. The highest BCUT2D eigenvalue weighted by Gasteiger charge is 2.16. The molecule has 0 aliphatic carbocycles. The molecule has 2 N–H and O–H groups in total. The number of anilines is 2. The monoisotopic (exact) mass is 250 g/mol. The number of nitrogens with one attached hydrogen (secondary N) is 2. The van der Waals surface area contributed by atoms with Crippen LogP contribution in [0.2, 0.25) is 0 Å². The van der Waals surface area contributed by atoms with Crippen molar-refractivity contribution in [2.75, 3.05) is 30.3 Å². The summed E-state index contributed by atoms with van der Waals surface area (Å²) in [5.41, 5.74) is 1.07. The Morgan fingerprint density at radius 1 is 1.22 bits per heavy atom. The molecule has 1 aliphatic heterocycles. The van der Waals surface area contributed by atoms with Gasteiger partial charge in [-0.3, -0.25) is 0 Å². The molecule has 0 amide bonds. The minimum Gasteiger partial charge on any atom is -0.376 e. The Hall–Kier alpha value is -1.36. The molecule has 1 atom stereocenters. The molecule has 0 radical (unpaired) electrons. The summed E-state index contributed by atoms with van der Waals surface area (Å²) >= 11 is 0. The van der Waals surface area contributed by atoms with Gasteiger partial charge in [0.15, 0.2) is 0 Å². The predicted molar refractivity (Wildman–Crippen MR) is 73.1 cm³/mol. The lowest BCUT2D eigenvalue weighted by Crippen LogP contribution is -2.20. The van der Waals surface area contributed by atoms with Crippen LogP contribution in [0.5, 0.6) is 0 Å². The van der Waals surface area contributed by atoms with Crippen molar-refractivity contribution in [1.29, 1.82) is 0 Å². The number of hydrogen-bond acceptors (Lipinski definition) is 5. The normalized spacial score (nSPS) is 18.9. The molecule has 100 valence electrons. The van der Waals surface area contributed by atoms with Crippen molar-refractivity contribution in [1.82, 2.24) is 9.97 Å². The van der Waals surface area contributed by atoms with Gasteiger partial charge in [0.25, 0.3) is 0 Å². The lowest BCUT2D eigenvalue weighted by molar-refractivity contribution is 0.120. The van der Waals surface area contributed by atoms with Gasteiger partial charge in [-0.2, -0.15) is 0 Å². The van der Waals surface area contributed by atoms with Crippen LogP contribution in [0.25, 0.3) is 0 Å². The summed E-state index contributed by atoms with van der Waals surface area (Å²) in [5, 5.41) is 6.64. The Morgan fingerprint density at radius 2 is 1.94 bits per heavy atom. The van der Waals surface area contributed by atoms with Crippen LogP contribution in [0.3, 0.4) is 0 Å². The zero-order valence-corrected chi connectivity index (χ0v) is 11.4. The molecule has 0 aromatic carbocycles. The van der Waals surface area contributed by atoms with Crippen molar-refractivity contribution in [3.05, 3.63) is 11.4 Å². The molecule has 1 unspecified atom stereocenters. The standard InChI is InChI=1S/C13H22N4O/c1-4-14-12-9(2)13(17-10(3)16-12)15-8-11-6-5-7-18-11/h11H,4-8H2,1-3H3,(H2,14,15,16,17). The second-order valence-corrected chi connectivity index (χ2v) is 4.64. The van der Waals surface area contributed by atoms with Crippen molar-refractivity contribution in [3.8, 4) is 0 Å². The number of rotatable bonds is 5. The van der Waals surface area contributed by atoms with Crippen LogP contribution in [-0.2, 0) is 4.74 Å². The third kappa shape index (κ3) is 3.10. The fourth-order valence-corrected chi connectivity index (χ4v) is 2.16. The first-order valence-electron chi connectivity index (χ1n) is 6.65. The average Bonchev–Trinajstić information content (AvgIpc) is 2.85. The minimum absolute atomic E-state index is 0.322. The smallest absolute Gasteiger partial charge is 0.134 e. The molecule has 5 nitrogen and oxygen atoms in total. The second kappa shape index (κ2) is 6.00. The third-order valence-corrected chi connectivity index (χ3v) is 3.12. The molecule has 1 aromatic rings. The lowest BCUT2D eigenvalue weighted by atomic mass is 10.2. The summed E-state index contributed by atoms with van der Waals surface area (Å²) in [7, 11) is 0. The molecule has 1 aromatic heterocycles. The van der Waals surface area contributed by atoms with Gasteiger partial charge in [0.2, 0.25) is 0 Å². The van der Waals surface area contributed by atoms with Crippen LogP contribution in [0.1, 0.15) is 31.2 Å². The Kier molecular flexibility index (Phi) is 4.36. The molecule has 2 heterocycles. The first-order valence-corrected chi connectivity index (χ1v) is 6.65. The van der Waals surface area contributed by atoms with Gasteiger partial charge in [0.05, 0.1) is 6.10 Å². The van der Waals surface area contributed by atoms with Crippen molar-refractivity contribution < 1.29 is 4.74 Å². The Bertz CT molecular complexity index is 402. The third-order valence-electron chi connectivity index (χ3n) is 3.12. The molecule has 18 heavy (non-hydrogen) atoms. The quantitative estimate of drug-likeness (QED) is 0.838. The van der Waals surface area contributed by atoms with E-state index in [4.69, 9.17) is 4.74 Å². The molecule has 0 saturated carbocycles. The van der Waals surface area contributed by atoms with E-state index in [0.29, 0.717) is 6.10 Å². The molecule has 0 spiro atoms. The molecule has 2 rings (SSSR count). The average molecular weight is 250 g/mol. The molecular formula is C13H22N4O. The molecule has 1 saturated heterocycles. The van der Waals surface area contributed by atoms with Crippen LogP contribution in [-0.4, -0.2) is 35.8 Å². The maximum absolute atomic E-state index is 5.60. The topological polar surface area (TPSA) is 59.1 Å². The Morgan fingerprint density at radius 3 is 2.56 bits per heavy atom. The SMILES string of the molecule is CCNc1nc(C)nc(NCC2CCCO2)c1C. The van der Waals surface area contributed by atoms with Crippen LogP contribution in [0.15, 0.2) is 0 Å². The van der Waals surface area contributed by atoms with Crippen LogP contribution in [0, 0.1) is 13.8 Å². The summed E-state index contributed by atoms with van der Waals surface area (Å²) in [5.74, 6) is 2.61. The van der Waals surface area contributed by atoms with Gasteiger partial charge >= 0.3 is 0 Å². The highest BCUT2D eigenvalue weighted by molar-refractivity contribution is 5.57. The van der Waals surface area contributed by atoms with Gasteiger partial charge in [-0.15, -0.1) is 0 Å². The zero-order chi connectivity index (χ0) is 13.0. The highest BCUT2D eigenvalue weighted by Crippen LogP contribution is 2.20. The molecular weight excluding hydrogens is 228 g/mol. The molecule has 5 heteroatoms. The molecule has 0 bridgehead atoms. The van der Waals surface area contributed by atoms with E-state index in [-0.39, 0.29) is 0 Å². The Labute approximate surface area is 108 Å².